The normalized spacial score (nSPS) is 10.1. The molecule has 0 saturated heterocycles. The standard InChI is InChI=1S/C10H9BrN2O/c1-7-10(6-12-14-7)13-9-5-3-2-4-8(9)11/h2-6,13H,1H3. The summed E-state index contributed by atoms with van der Waals surface area (Å²) in [6.45, 7) is 1.87. The first-order chi connectivity index (χ1) is 6.77. The number of aryl methyl sites for hydroxylation is 1. The van der Waals surface area contributed by atoms with Crippen LogP contribution in [-0.2, 0) is 0 Å². The lowest BCUT2D eigenvalue weighted by molar-refractivity contribution is 0.398. The van der Waals surface area contributed by atoms with Gasteiger partial charge in [0.15, 0.2) is 5.76 Å². The lowest BCUT2D eigenvalue weighted by atomic mass is 10.3. The van der Waals surface area contributed by atoms with E-state index in [1.54, 1.807) is 6.20 Å². The van der Waals surface area contributed by atoms with E-state index in [2.05, 4.69) is 26.4 Å². The van der Waals surface area contributed by atoms with Gasteiger partial charge in [0.1, 0.15) is 5.69 Å². The third kappa shape index (κ3) is 1.80. The van der Waals surface area contributed by atoms with E-state index in [1.165, 1.54) is 0 Å². The van der Waals surface area contributed by atoms with Crippen molar-refractivity contribution < 1.29 is 4.52 Å². The van der Waals surface area contributed by atoms with Gasteiger partial charge in [-0.25, -0.2) is 0 Å². The second-order valence-corrected chi connectivity index (χ2v) is 3.75. The molecular weight excluding hydrogens is 244 g/mol. The van der Waals surface area contributed by atoms with Crippen molar-refractivity contribution in [3.8, 4) is 0 Å². The molecule has 2 aromatic rings. The van der Waals surface area contributed by atoms with Crippen molar-refractivity contribution in [2.45, 2.75) is 6.92 Å². The van der Waals surface area contributed by atoms with E-state index in [-0.39, 0.29) is 0 Å². The Morgan fingerprint density at radius 2 is 2.07 bits per heavy atom. The highest BCUT2D eigenvalue weighted by atomic mass is 79.9. The summed E-state index contributed by atoms with van der Waals surface area (Å²) in [6, 6.07) is 7.90. The number of aromatic nitrogens is 1. The molecule has 1 heterocycles. The number of nitrogens with zero attached hydrogens (tertiary/aromatic N) is 1. The Morgan fingerprint density at radius 3 is 2.71 bits per heavy atom. The molecule has 72 valence electrons. The first kappa shape index (κ1) is 9.27. The maximum atomic E-state index is 4.95. The summed E-state index contributed by atoms with van der Waals surface area (Å²) in [5.74, 6) is 0.778. The molecule has 0 aliphatic heterocycles. The van der Waals surface area contributed by atoms with Crippen molar-refractivity contribution in [1.29, 1.82) is 0 Å². The molecule has 1 aromatic heterocycles. The molecule has 0 aliphatic carbocycles. The largest absolute Gasteiger partial charge is 0.359 e. The van der Waals surface area contributed by atoms with Crippen LogP contribution in [0.1, 0.15) is 5.76 Å². The van der Waals surface area contributed by atoms with Gasteiger partial charge >= 0.3 is 0 Å². The minimum Gasteiger partial charge on any atom is -0.359 e. The Labute approximate surface area is 90.2 Å². The molecule has 0 saturated carbocycles. The maximum absolute atomic E-state index is 4.95. The molecule has 0 amide bonds. The lowest BCUT2D eigenvalue weighted by Crippen LogP contribution is -1.90. The van der Waals surface area contributed by atoms with Gasteiger partial charge in [-0.05, 0) is 35.0 Å². The molecule has 2 rings (SSSR count). The number of halogens is 1. The number of anilines is 2. The van der Waals surface area contributed by atoms with Crippen molar-refractivity contribution in [3.05, 3.63) is 40.7 Å². The molecule has 0 atom stereocenters. The predicted octanol–water partition coefficient (Wildman–Crippen LogP) is 3.49. The Hall–Kier alpha value is -1.29. The van der Waals surface area contributed by atoms with Gasteiger partial charge in [0.2, 0.25) is 0 Å². The smallest absolute Gasteiger partial charge is 0.157 e. The van der Waals surface area contributed by atoms with E-state index >= 15 is 0 Å². The summed E-state index contributed by atoms with van der Waals surface area (Å²) in [7, 11) is 0. The van der Waals surface area contributed by atoms with Crippen molar-refractivity contribution in [3.63, 3.8) is 0 Å². The van der Waals surface area contributed by atoms with Gasteiger partial charge in [-0.3, -0.25) is 0 Å². The second-order valence-electron chi connectivity index (χ2n) is 2.90. The lowest BCUT2D eigenvalue weighted by Gasteiger charge is -2.05. The fourth-order valence-corrected chi connectivity index (χ4v) is 1.51. The van der Waals surface area contributed by atoms with Crippen LogP contribution in [0.15, 0.2) is 39.5 Å². The number of para-hydroxylation sites is 1. The van der Waals surface area contributed by atoms with Gasteiger partial charge < -0.3 is 9.84 Å². The van der Waals surface area contributed by atoms with Gasteiger partial charge in [0, 0.05) is 4.47 Å². The molecule has 14 heavy (non-hydrogen) atoms. The highest BCUT2D eigenvalue weighted by molar-refractivity contribution is 9.10. The quantitative estimate of drug-likeness (QED) is 0.890. The van der Waals surface area contributed by atoms with Crippen molar-refractivity contribution >= 4 is 27.3 Å². The van der Waals surface area contributed by atoms with Crippen LogP contribution < -0.4 is 5.32 Å². The van der Waals surface area contributed by atoms with Gasteiger partial charge in [0.05, 0.1) is 11.9 Å². The summed E-state index contributed by atoms with van der Waals surface area (Å²) in [5, 5.41) is 6.91. The zero-order valence-corrected chi connectivity index (χ0v) is 9.21. The average Bonchev–Trinajstić information content (AvgIpc) is 2.56. The van der Waals surface area contributed by atoms with E-state index in [0.29, 0.717) is 0 Å². The van der Waals surface area contributed by atoms with Crippen LogP contribution in [0.5, 0.6) is 0 Å². The van der Waals surface area contributed by atoms with Crippen LogP contribution in [0, 0.1) is 6.92 Å². The number of hydrogen-bond acceptors (Lipinski definition) is 3. The van der Waals surface area contributed by atoms with Crippen LogP contribution in [0.3, 0.4) is 0 Å². The molecule has 1 aromatic carbocycles. The van der Waals surface area contributed by atoms with Gasteiger partial charge in [0.25, 0.3) is 0 Å². The third-order valence-electron chi connectivity index (χ3n) is 1.89. The van der Waals surface area contributed by atoms with Crippen LogP contribution in [-0.4, -0.2) is 5.16 Å². The molecule has 0 fully saturated rings. The maximum Gasteiger partial charge on any atom is 0.157 e. The Kier molecular flexibility index (Phi) is 2.54. The van der Waals surface area contributed by atoms with E-state index in [4.69, 9.17) is 4.52 Å². The minimum absolute atomic E-state index is 0.778. The van der Waals surface area contributed by atoms with Crippen molar-refractivity contribution in [1.82, 2.24) is 5.16 Å². The molecule has 0 unspecified atom stereocenters. The first-order valence-electron chi connectivity index (χ1n) is 4.20. The number of rotatable bonds is 2. The van der Waals surface area contributed by atoms with Gasteiger partial charge in [-0.1, -0.05) is 17.3 Å². The summed E-state index contributed by atoms with van der Waals surface area (Å²) >= 11 is 3.45. The van der Waals surface area contributed by atoms with E-state index < -0.39 is 0 Å². The van der Waals surface area contributed by atoms with Crippen LogP contribution in [0.25, 0.3) is 0 Å². The second kappa shape index (κ2) is 3.84. The zero-order valence-electron chi connectivity index (χ0n) is 7.62. The van der Waals surface area contributed by atoms with E-state index in [0.717, 1.165) is 21.6 Å². The molecule has 0 bridgehead atoms. The van der Waals surface area contributed by atoms with Crippen LogP contribution >= 0.6 is 15.9 Å². The highest BCUT2D eigenvalue weighted by Gasteiger charge is 2.04. The Morgan fingerprint density at radius 1 is 1.29 bits per heavy atom. The van der Waals surface area contributed by atoms with E-state index in [1.807, 2.05) is 31.2 Å². The number of benzene rings is 1. The SMILES string of the molecule is Cc1oncc1Nc1ccccc1Br. The number of hydrogen-bond donors (Lipinski definition) is 1. The third-order valence-corrected chi connectivity index (χ3v) is 2.59. The van der Waals surface area contributed by atoms with Gasteiger partial charge in [-0.2, -0.15) is 0 Å². The van der Waals surface area contributed by atoms with Crippen molar-refractivity contribution in [2.75, 3.05) is 5.32 Å². The molecule has 0 aliphatic rings. The summed E-state index contributed by atoms with van der Waals surface area (Å²) in [6.07, 6.45) is 1.66. The molecule has 0 spiro atoms. The predicted molar refractivity (Wildman–Crippen MR) is 58.7 cm³/mol. The molecule has 4 heteroatoms. The average molecular weight is 253 g/mol. The topological polar surface area (TPSA) is 38.1 Å². The molecule has 1 N–H and O–H groups in total. The fraction of sp³-hybridized carbons (Fsp3) is 0.100. The zero-order chi connectivity index (χ0) is 9.97. The summed E-state index contributed by atoms with van der Waals surface area (Å²) in [4.78, 5) is 0. The first-order valence-corrected chi connectivity index (χ1v) is 4.99. The van der Waals surface area contributed by atoms with E-state index in [9.17, 15) is 0 Å². The summed E-state index contributed by atoms with van der Waals surface area (Å²) in [5.41, 5.74) is 1.88. The molecule has 0 radical (unpaired) electrons. The van der Waals surface area contributed by atoms with Crippen LogP contribution in [0.4, 0.5) is 11.4 Å². The highest BCUT2D eigenvalue weighted by Crippen LogP contribution is 2.26. The molecule has 3 nitrogen and oxygen atoms in total. The van der Waals surface area contributed by atoms with Crippen molar-refractivity contribution in [2.24, 2.45) is 0 Å². The number of nitrogens with one attached hydrogen (secondary N) is 1. The fourth-order valence-electron chi connectivity index (χ4n) is 1.13. The molecular formula is C10H9BrN2O. The minimum atomic E-state index is 0.778. The monoisotopic (exact) mass is 252 g/mol. The summed E-state index contributed by atoms with van der Waals surface area (Å²) < 4.78 is 5.96. The Balaban J connectivity index is 2.28. The van der Waals surface area contributed by atoms with Gasteiger partial charge in [-0.15, -0.1) is 0 Å². The Bertz CT molecular complexity index is 439. The van der Waals surface area contributed by atoms with Crippen LogP contribution in [0.2, 0.25) is 0 Å².